The van der Waals surface area contributed by atoms with Crippen LogP contribution in [0.4, 0.5) is 0 Å². The maximum absolute atomic E-state index is 12.5. The maximum Gasteiger partial charge on any atom is 0.337 e. The number of rotatable bonds is 5. The summed E-state index contributed by atoms with van der Waals surface area (Å²) in [6, 6.07) is 15.7. The average Bonchev–Trinajstić information content (AvgIpc) is 3.37. The van der Waals surface area contributed by atoms with Gasteiger partial charge in [0.05, 0.1) is 27.0 Å². The van der Waals surface area contributed by atoms with Gasteiger partial charge in [-0.05, 0) is 70.0 Å². The third-order valence-corrected chi connectivity index (χ3v) is 7.69. The lowest BCUT2D eigenvalue weighted by molar-refractivity contribution is -0.160. The number of carbonyl (C=O) groups is 1. The summed E-state index contributed by atoms with van der Waals surface area (Å²) in [7, 11) is 1.94. The number of fused-ring (bicyclic) bond motifs is 2. The number of carboxylic acids is 1. The van der Waals surface area contributed by atoms with Crippen LogP contribution in [-0.2, 0) is 16.6 Å². The van der Waals surface area contributed by atoms with Crippen LogP contribution in [0.25, 0.3) is 42.8 Å². The number of thiazole rings is 1. The van der Waals surface area contributed by atoms with Gasteiger partial charge in [-0.3, -0.25) is 4.68 Å². The number of hydrogen-bond donors (Lipinski definition) is 1. The van der Waals surface area contributed by atoms with Crippen molar-refractivity contribution in [1.29, 1.82) is 0 Å². The molecule has 0 spiro atoms. The van der Waals surface area contributed by atoms with E-state index in [1.54, 1.807) is 11.3 Å². The van der Waals surface area contributed by atoms with E-state index in [9.17, 15) is 9.90 Å². The predicted molar refractivity (Wildman–Crippen MR) is 150 cm³/mol. The third-order valence-electron chi connectivity index (χ3n) is 6.30. The van der Waals surface area contributed by atoms with Crippen LogP contribution in [0, 0.1) is 13.8 Å². The molecule has 0 fully saturated rings. The Bertz CT molecular complexity index is 1660. The first-order valence-corrected chi connectivity index (χ1v) is 13.2. The van der Waals surface area contributed by atoms with E-state index < -0.39 is 17.7 Å². The maximum atomic E-state index is 12.5. The molecule has 3 aromatic carbocycles. The van der Waals surface area contributed by atoms with Crippen molar-refractivity contribution in [2.24, 2.45) is 7.05 Å². The van der Waals surface area contributed by atoms with Crippen molar-refractivity contribution in [2.75, 3.05) is 0 Å². The fraction of sp³-hybridized carbons (Fsp3) is 0.276. The van der Waals surface area contributed by atoms with Gasteiger partial charge in [-0.1, -0.05) is 35.9 Å². The second kappa shape index (κ2) is 9.24. The lowest BCUT2D eigenvalue weighted by Crippen LogP contribution is -2.28. The number of aryl methyl sites for hydroxylation is 3. The molecule has 0 aliphatic carbocycles. The Kier molecular flexibility index (Phi) is 6.34. The van der Waals surface area contributed by atoms with Gasteiger partial charge in [0.1, 0.15) is 5.01 Å². The van der Waals surface area contributed by atoms with Gasteiger partial charge in [-0.15, -0.1) is 11.3 Å². The lowest BCUT2D eigenvalue weighted by Gasteiger charge is -2.28. The molecule has 0 unspecified atom stereocenters. The van der Waals surface area contributed by atoms with Crippen LogP contribution in [0.15, 0.2) is 48.5 Å². The predicted octanol–water partition coefficient (Wildman–Crippen LogP) is 7.73. The van der Waals surface area contributed by atoms with E-state index in [1.807, 2.05) is 76.7 Å². The van der Waals surface area contributed by atoms with Crippen LogP contribution in [0.3, 0.4) is 0 Å². The Labute approximate surface area is 224 Å². The van der Waals surface area contributed by atoms with Crippen molar-refractivity contribution in [2.45, 2.75) is 46.3 Å². The minimum absolute atomic E-state index is 0.611. The second-order valence-electron chi connectivity index (χ2n) is 10.2. The summed E-state index contributed by atoms with van der Waals surface area (Å²) in [5.74, 6) is -1.03. The zero-order chi connectivity index (χ0) is 26.6. The van der Waals surface area contributed by atoms with Crippen LogP contribution in [0.5, 0.6) is 0 Å². The van der Waals surface area contributed by atoms with Gasteiger partial charge < -0.3 is 9.84 Å². The first-order chi connectivity index (χ1) is 17.4. The average molecular weight is 534 g/mol. The van der Waals surface area contributed by atoms with Gasteiger partial charge >= 0.3 is 5.97 Å². The monoisotopic (exact) mass is 533 g/mol. The molecule has 0 saturated heterocycles. The molecule has 37 heavy (non-hydrogen) atoms. The van der Waals surface area contributed by atoms with Crippen LogP contribution < -0.4 is 0 Å². The van der Waals surface area contributed by atoms with Crippen LogP contribution in [0.2, 0.25) is 5.02 Å². The summed E-state index contributed by atoms with van der Waals surface area (Å²) in [4.78, 5) is 17.5. The van der Waals surface area contributed by atoms with Crippen molar-refractivity contribution in [3.8, 4) is 21.7 Å². The van der Waals surface area contributed by atoms with Gasteiger partial charge in [-0.25, -0.2) is 9.78 Å². The SMILES string of the molecule is Cc1cc2nc(-c3ccc4c(C)nn(C)c4c3)sc2c(-c2ccc(Cl)cc2)c1[C@H](OC(C)(C)C)C(=O)O. The highest BCUT2D eigenvalue weighted by atomic mass is 35.5. The van der Waals surface area contributed by atoms with E-state index in [0.29, 0.717) is 10.6 Å². The number of hydrogen-bond acceptors (Lipinski definition) is 5. The van der Waals surface area contributed by atoms with E-state index in [-0.39, 0.29) is 0 Å². The number of aliphatic carboxylic acids is 1. The van der Waals surface area contributed by atoms with Crippen LogP contribution >= 0.6 is 22.9 Å². The molecule has 0 radical (unpaired) electrons. The largest absolute Gasteiger partial charge is 0.479 e. The van der Waals surface area contributed by atoms with Gasteiger partial charge in [0.15, 0.2) is 6.10 Å². The molecule has 5 aromatic rings. The first-order valence-electron chi connectivity index (χ1n) is 12.0. The number of carboxylic acid groups (broad SMARTS) is 1. The molecule has 0 bridgehead atoms. The van der Waals surface area contributed by atoms with E-state index in [0.717, 1.165) is 54.1 Å². The van der Waals surface area contributed by atoms with Crippen molar-refractivity contribution < 1.29 is 14.6 Å². The molecule has 0 saturated carbocycles. The summed E-state index contributed by atoms with van der Waals surface area (Å²) >= 11 is 7.74. The minimum Gasteiger partial charge on any atom is -0.479 e. The van der Waals surface area contributed by atoms with E-state index in [1.165, 1.54) is 0 Å². The molecular weight excluding hydrogens is 506 g/mol. The summed E-state index contributed by atoms with van der Waals surface area (Å²) in [5, 5.41) is 17.4. The Hall–Kier alpha value is -3.26. The van der Waals surface area contributed by atoms with Gasteiger partial charge in [0.25, 0.3) is 0 Å². The molecule has 8 heteroatoms. The minimum atomic E-state index is -1.14. The molecule has 0 aliphatic rings. The summed E-state index contributed by atoms with van der Waals surface area (Å²) in [5.41, 5.74) is 6.27. The Morgan fingerprint density at radius 1 is 1.08 bits per heavy atom. The van der Waals surface area contributed by atoms with E-state index in [4.69, 9.17) is 21.3 Å². The van der Waals surface area contributed by atoms with Crippen molar-refractivity contribution in [3.05, 3.63) is 70.4 Å². The van der Waals surface area contributed by atoms with Crippen LogP contribution in [-0.4, -0.2) is 31.4 Å². The Morgan fingerprint density at radius 3 is 2.41 bits per heavy atom. The summed E-state index contributed by atoms with van der Waals surface area (Å²) in [6.07, 6.45) is -1.14. The molecule has 2 heterocycles. The normalized spacial score (nSPS) is 12.9. The fourth-order valence-corrected chi connectivity index (χ4v) is 5.98. The van der Waals surface area contributed by atoms with E-state index in [2.05, 4.69) is 23.3 Å². The summed E-state index contributed by atoms with van der Waals surface area (Å²) < 4.78 is 8.89. The van der Waals surface area contributed by atoms with E-state index >= 15 is 0 Å². The van der Waals surface area contributed by atoms with Gasteiger partial charge in [0, 0.05) is 34.1 Å². The topological polar surface area (TPSA) is 77.2 Å². The molecule has 6 nitrogen and oxygen atoms in total. The number of aromatic nitrogens is 3. The third kappa shape index (κ3) is 4.75. The van der Waals surface area contributed by atoms with Gasteiger partial charge in [-0.2, -0.15) is 5.10 Å². The molecule has 2 aromatic heterocycles. The van der Waals surface area contributed by atoms with Crippen LogP contribution in [0.1, 0.15) is 43.7 Å². The fourth-order valence-electron chi connectivity index (χ4n) is 4.73. The number of nitrogens with zero attached hydrogens (tertiary/aromatic N) is 3. The highest BCUT2D eigenvalue weighted by molar-refractivity contribution is 7.22. The molecule has 1 N–H and O–H groups in total. The number of benzene rings is 3. The molecule has 5 rings (SSSR count). The standard InChI is InChI=1S/C29H28ClN3O3S/c1-15-13-21-26(37-27(31-21)18-9-12-20-16(2)32-33(6)22(20)14-18)24(17-7-10-19(30)11-8-17)23(15)25(28(34)35)36-29(3,4)5/h7-14,25H,1-6H3,(H,34,35)/t25-/m0/s1. The van der Waals surface area contributed by atoms with Crippen molar-refractivity contribution >= 4 is 50.0 Å². The first kappa shape index (κ1) is 25.4. The highest BCUT2D eigenvalue weighted by Crippen LogP contribution is 2.44. The number of halogens is 1. The molecule has 1 atom stereocenters. The molecule has 0 amide bonds. The highest BCUT2D eigenvalue weighted by Gasteiger charge is 2.32. The smallest absolute Gasteiger partial charge is 0.337 e. The van der Waals surface area contributed by atoms with Crippen molar-refractivity contribution in [3.63, 3.8) is 0 Å². The van der Waals surface area contributed by atoms with Crippen molar-refractivity contribution in [1.82, 2.24) is 14.8 Å². The number of ether oxygens (including phenoxy) is 1. The Morgan fingerprint density at radius 2 is 1.76 bits per heavy atom. The zero-order valence-electron chi connectivity index (χ0n) is 21.6. The summed E-state index contributed by atoms with van der Waals surface area (Å²) in [6.45, 7) is 9.50. The zero-order valence-corrected chi connectivity index (χ0v) is 23.2. The molecule has 190 valence electrons. The van der Waals surface area contributed by atoms with Gasteiger partial charge in [0.2, 0.25) is 0 Å². The Balaban J connectivity index is 1.78. The molecule has 0 aliphatic heterocycles. The lowest BCUT2D eigenvalue weighted by atomic mass is 9.91. The molecular formula is C29H28ClN3O3S. The second-order valence-corrected chi connectivity index (χ2v) is 11.7. The quantitative estimate of drug-likeness (QED) is 0.250.